The zero-order chi connectivity index (χ0) is 12.7. The molecule has 0 bridgehead atoms. The fraction of sp³-hybridized carbons (Fsp3) is 0.583. The van der Waals surface area contributed by atoms with Gasteiger partial charge in [0.25, 0.3) is 0 Å². The van der Waals surface area contributed by atoms with Crippen LogP contribution in [0.5, 0.6) is 0 Å². The number of anilines is 1. The molecule has 1 aromatic heterocycles. The average Bonchev–Trinajstić information content (AvgIpc) is 2.38. The smallest absolute Gasteiger partial charge is 0.358 e. The van der Waals surface area contributed by atoms with Crippen molar-refractivity contribution in [1.29, 1.82) is 0 Å². The van der Waals surface area contributed by atoms with Crippen molar-refractivity contribution in [2.24, 2.45) is 0 Å². The van der Waals surface area contributed by atoms with E-state index in [9.17, 15) is 4.79 Å². The lowest BCUT2D eigenvalue weighted by Crippen LogP contribution is -2.26. The molecule has 94 valence electrons. The molecule has 0 radical (unpaired) electrons. The van der Waals surface area contributed by atoms with E-state index in [4.69, 9.17) is 0 Å². The standard InChI is InChI=1S/C12H19N3O2/c1-4-8-15(9-5-2)11-7-6-10(13-14-11)12(16)17-3/h6-7H,4-5,8-9H2,1-3H3. The van der Waals surface area contributed by atoms with Crippen LogP contribution in [0, 0.1) is 0 Å². The molecule has 5 heteroatoms. The molecule has 0 aromatic carbocycles. The number of nitrogens with zero attached hydrogens (tertiary/aromatic N) is 3. The summed E-state index contributed by atoms with van der Waals surface area (Å²) in [5, 5.41) is 7.93. The van der Waals surface area contributed by atoms with Crippen molar-refractivity contribution >= 4 is 11.8 Å². The monoisotopic (exact) mass is 237 g/mol. The van der Waals surface area contributed by atoms with Crippen molar-refractivity contribution in [2.75, 3.05) is 25.1 Å². The number of hydrogen-bond acceptors (Lipinski definition) is 5. The van der Waals surface area contributed by atoms with E-state index in [1.807, 2.05) is 6.07 Å². The maximum absolute atomic E-state index is 11.2. The number of carbonyl (C=O) groups is 1. The molecule has 0 N–H and O–H groups in total. The summed E-state index contributed by atoms with van der Waals surface area (Å²) in [5.74, 6) is 0.350. The highest BCUT2D eigenvalue weighted by atomic mass is 16.5. The van der Waals surface area contributed by atoms with Gasteiger partial charge < -0.3 is 9.64 Å². The van der Waals surface area contributed by atoms with Gasteiger partial charge in [-0.2, -0.15) is 0 Å². The van der Waals surface area contributed by atoms with Crippen LogP contribution in [-0.2, 0) is 4.74 Å². The lowest BCUT2D eigenvalue weighted by Gasteiger charge is -2.21. The number of esters is 1. The van der Waals surface area contributed by atoms with Crippen LogP contribution in [0.15, 0.2) is 12.1 Å². The molecule has 0 spiro atoms. The van der Waals surface area contributed by atoms with E-state index in [1.54, 1.807) is 6.07 Å². The molecule has 0 aliphatic heterocycles. The third-order valence-electron chi connectivity index (χ3n) is 2.36. The molecule has 0 amide bonds. The summed E-state index contributed by atoms with van der Waals surface area (Å²) in [6.07, 6.45) is 2.11. The summed E-state index contributed by atoms with van der Waals surface area (Å²) in [6.45, 7) is 6.14. The van der Waals surface area contributed by atoms with Crippen molar-refractivity contribution in [3.63, 3.8) is 0 Å². The van der Waals surface area contributed by atoms with Gasteiger partial charge >= 0.3 is 5.97 Å². The summed E-state index contributed by atoms with van der Waals surface area (Å²) in [7, 11) is 1.33. The Bertz CT molecular complexity index is 345. The number of aromatic nitrogens is 2. The maximum Gasteiger partial charge on any atom is 0.358 e. The molecule has 5 nitrogen and oxygen atoms in total. The maximum atomic E-state index is 11.2. The fourth-order valence-electron chi connectivity index (χ4n) is 1.59. The lowest BCUT2D eigenvalue weighted by molar-refractivity contribution is 0.0592. The second-order valence-electron chi connectivity index (χ2n) is 3.76. The molecule has 0 aliphatic carbocycles. The van der Waals surface area contributed by atoms with Gasteiger partial charge in [-0.05, 0) is 25.0 Å². The number of hydrogen-bond donors (Lipinski definition) is 0. The van der Waals surface area contributed by atoms with E-state index in [0.29, 0.717) is 0 Å². The van der Waals surface area contributed by atoms with Gasteiger partial charge in [-0.25, -0.2) is 4.79 Å². The molecule has 1 aromatic rings. The molecule has 0 fully saturated rings. The first-order valence-corrected chi connectivity index (χ1v) is 5.89. The molecule has 0 unspecified atom stereocenters. The summed E-state index contributed by atoms with van der Waals surface area (Å²) >= 11 is 0. The highest BCUT2D eigenvalue weighted by molar-refractivity contribution is 5.86. The van der Waals surface area contributed by atoms with Crippen LogP contribution >= 0.6 is 0 Å². The molecule has 0 saturated heterocycles. The fourth-order valence-corrected chi connectivity index (χ4v) is 1.59. The third kappa shape index (κ3) is 3.69. The number of ether oxygens (including phenoxy) is 1. The first kappa shape index (κ1) is 13.4. The van der Waals surface area contributed by atoms with E-state index >= 15 is 0 Å². The van der Waals surface area contributed by atoms with Gasteiger partial charge in [-0.3, -0.25) is 0 Å². The van der Waals surface area contributed by atoms with Crippen LogP contribution < -0.4 is 4.90 Å². The third-order valence-corrected chi connectivity index (χ3v) is 2.36. The van der Waals surface area contributed by atoms with Gasteiger partial charge in [0.2, 0.25) is 0 Å². The van der Waals surface area contributed by atoms with E-state index in [-0.39, 0.29) is 5.69 Å². The molecule has 0 saturated carbocycles. The Morgan fingerprint density at radius 3 is 2.29 bits per heavy atom. The average molecular weight is 237 g/mol. The minimum Gasteiger partial charge on any atom is -0.464 e. The van der Waals surface area contributed by atoms with Crippen molar-refractivity contribution < 1.29 is 9.53 Å². The summed E-state index contributed by atoms with van der Waals surface area (Å²) in [5.41, 5.74) is 0.240. The first-order chi connectivity index (χ1) is 8.22. The van der Waals surface area contributed by atoms with Crippen LogP contribution in [0.1, 0.15) is 37.2 Å². The van der Waals surface area contributed by atoms with Gasteiger partial charge in [0.1, 0.15) is 0 Å². The van der Waals surface area contributed by atoms with Gasteiger partial charge in [-0.1, -0.05) is 13.8 Å². The quantitative estimate of drug-likeness (QED) is 0.707. The Labute approximate surface area is 102 Å². The molecular weight excluding hydrogens is 218 g/mol. The topological polar surface area (TPSA) is 55.3 Å². The van der Waals surface area contributed by atoms with Gasteiger partial charge in [0.05, 0.1) is 7.11 Å². The van der Waals surface area contributed by atoms with Crippen LogP contribution in [0.2, 0.25) is 0 Å². The predicted octanol–water partition coefficient (Wildman–Crippen LogP) is 1.89. The van der Waals surface area contributed by atoms with Gasteiger partial charge in [-0.15, -0.1) is 10.2 Å². The highest BCUT2D eigenvalue weighted by Crippen LogP contribution is 2.11. The van der Waals surface area contributed by atoms with Crippen LogP contribution in [0.3, 0.4) is 0 Å². The van der Waals surface area contributed by atoms with Crippen molar-refractivity contribution in [3.05, 3.63) is 17.8 Å². The Balaban J connectivity index is 2.80. The second-order valence-corrected chi connectivity index (χ2v) is 3.76. The van der Waals surface area contributed by atoms with Crippen LogP contribution in [0.4, 0.5) is 5.82 Å². The first-order valence-electron chi connectivity index (χ1n) is 5.89. The minimum atomic E-state index is -0.457. The largest absolute Gasteiger partial charge is 0.464 e. The zero-order valence-corrected chi connectivity index (χ0v) is 10.6. The Morgan fingerprint density at radius 2 is 1.88 bits per heavy atom. The molecule has 1 heterocycles. The van der Waals surface area contributed by atoms with E-state index < -0.39 is 5.97 Å². The predicted molar refractivity (Wildman–Crippen MR) is 66.2 cm³/mol. The van der Waals surface area contributed by atoms with E-state index in [1.165, 1.54) is 7.11 Å². The lowest BCUT2D eigenvalue weighted by atomic mass is 10.3. The molecule has 0 atom stereocenters. The van der Waals surface area contributed by atoms with E-state index in [0.717, 1.165) is 31.7 Å². The summed E-state index contributed by atoms with van der Waals surface area (Å²) in [6, 6.07) is 3.46. The van der Waals surface area contributed by atoms with Gasteiger partial charge in [0.15, 0.2) is 11.5 Å². The number of methoxy groups -OCH3 is 1. The van der Waals surface area contributed by atoms with Crippen molar-refractivity contribution in [1.82, 2.24) is 10.2 Å². The molecule has 0 aliphatic rings. The van der Waals surface area contributed by atoms with Gasteiger partial charge in [0, 0.05) is 13.1 Å². The Kier molecular flexibility index (Phi) is 5.39. The van der Waals surface area contributed by atoms with Crippen molar-refractivity contribution in [3.8, 4) is 0 Å². The highest BCUT2D eigenvalue weighted by Gasteiger charge is 2.10. The Morgan fingerprint density at radius 1 is 1.24 bits per heavy atom. The SMILES string of the molecule is CCCN(CCC)c1ccc(C(=O)OC)nn1. The summed E-state index contributed by atoms with van der Waals surface area (Å²) < 4.78 is 4.58. The summed E-state index contributed by atoms with van der Waals surface area (Å²) in [4.78, 5) is 13.4. The molecular formula is C12H19N3O2. The van der Waals surface area contributed by atoms with Crippen LogP contribution in [-0.4, -0.2) is 36.4 Å². The van der Waals surface area contributed by atoms with Crippen molar-refractivity contribution in [2.45, 2.75) is 26.7 Å². The number of rotatable bonds is 6. The molecule has 17 heavy (non-hydrogen) atoms. The van der Waals surface area contributed by atoms with Crippen LogP contribution in [0.25, 0.3) is 0 Å². The number of carbonyl (C=O) groups excluding carboxylic acids is 1. The zero-order valence-electron chi connectivity index (χ0n) is 10.6. The normalized spacial score (nSPS) is 10.1. The molecule has 1 rings (SSSR count). The second kappa shape index (κ2) is 6.83. The van der Waals surface area contributed by atoms with E-state index in [2.05, 4.69) is 33.7 Å². The Hall–Kier alpha value is -1.65. The minimum absolute atomic E-state index is 0.240.